The molecule has 0 unspecified atom stereocenters. The van der Waals surface area contributed by atoms with E-state index in [-0.39, 0.29) is 21.5 Å². The van der Waals surface area contributed by atoms with E-state index in [1.165, 1.54) is 12.1 Å². The number of carbonyl (C=O) groups is 1. The highest BCUT2D eigenvalue weighted by Gasteiger charge is 2.14. The van der Waals surface area contributed by atoms with Gasteiger partial charge in [0, 0.05) is 21.8 Å². The van der Waals surface area contributed by atoms with E-state index in [2.05, 4.69) is 26.2 Å². The van der Waals surface area contributed by atoms with Crippen LogP contribution >= 0.6 is 15.9 Å². The first-order valence-electron chi connectivity index (χ1n) is 5.57. The number of halogens is 3. The van der Waals surface area contributed by atoms with Gasteiger partial charge in [-0.3, -0.25) is 4.79 Å². The van der Waals surface area contributed by atoms with Crippen LogP contribution in [0.3, 0.4) is 0 Å². The molecule has 104 valence electrons. The summed E-state index contributed by atoms with van der Waals surface area (Å²) in [4.78, 5) is 16.0. The van der Waals surface area contributed by atoms with Gasteiger partial charge in [0.05, 0.1) is 5.69 Å². The molecule has 2 rings (SSSR count). The highest BCUT2D eigenvalue weighted by atomic mass is 79.9. The third-order valence-electron chi connectivity index (χ3n) is 2.48. The Kier molecular flexibility index (Phi) is 3.99. The molecule has 1 aromatic carbocycles. The van der Waals surface area contributed by atoms with Crippen LogP contribution in [0.1, 0.15) is 16.1 Å². The number of anilines is 2. The standard InChI is InChI=1S/C13H10BrF2N3O/c1-6-2-7(3-11(17)18-6)13(20)19-12-9(14)4-8(15)5-10(12)16/h2-5H,1H3,(H2,17,18)(H,19,20). The molecule has 0 aliphatic rings. The second kappa shape index (κ2) is 5.54. The van der Waals surface area contributed by atoms with E-state index in [1.54, 1.807) is 6.92 Å². The van der Waals surface area contributed by atoms with Crippen LogP contribution < -0.4 is 11.1 Å². The number of nitrogens with zero attached hydrogens (tertiary/aromatic N) is 1. The minimum Gasteiger partial charge on any atom is -0.384 e. The zero-order valence-corrected chi connectivity index (χ0v) is 12.0. The molecule has 1 amide bonds. The highest BCUT2D eigenvalue weighted by molar-refractivity contribution is 9.10. The lowest BCUT2D eigenvalue weighted by atomic mass is 10.2. The van der Waals surface area contributed by atoms with Gasteiger partial charge in [-0.25, -0.2) is 13.8 Å². The summed E-state index contributed by atoms with van der Waals surface area (Å²) in [5.74, 6) is -1.98. The molecule has 3 N–H and O–H groups in total. The van der Waals surface area contributed by atoms with Gasteiger partial charge in [0.2, 0.25) is 0 Å². The molecule has 0 aliphatic carbocycles. The molecule has 4 nitrogen and oxygen atoms in total. The van der Waals surface area contributed by atoms with E-state index in [4.69, 9.17) is 5.73 Å². The van der Waals surface area contributed by atoms with E-state index < -0.39 is 17.5 Å². The van der Waals surface area contributed by atoms with Crippen LogP contribution in [0.2, 0.25) is 0 Å². The summed E-state index contributed by atoms with van der Waals surface area (Å²) in [7, 11) is 0. The second-order valence-corrected chi connectivity index (χ2v) is 4.97. The Bertz CT molecular complexity index is 648. The first-order valence-corrected chi connectivity index (χ1v) is 6.36. The summed E-state index contributed by atoms with van der Waals surface area (Å²) in [6, 6.07) is 4.63. The SMILES string of the molecule is Cc1cc(C(=O)Nc2c(F)cc(F)cc2Br)cc(N)n1. The molecule has 0 bridgehead atoms. The molecule has 7 heteroatoms. The van der Waals surface area contributed by atoms with Crippen molar-refractivity contribution in [3.05, 3.63) is 51.6 Å². The van der Waals surface area contributed by atoms with Crippen molar-refractivity contribution in [2.75, 3.05) is 11.1 Å². The fraction of sp³-hybridized carbons (Fsp3) is 0.0769. The number of hydrogen-bond donors (Lipinski definition) is 2. The smallest absolute Gasteiger partial charge is 0.255 e. The van der Waals surface area contributed by atoms with Gasteiger partial charge in [0.25, 0.3) is 5.91 Å². The van der Waals surface area contributed by atoms with Crippen LogP contribution in [0.4, 0.5) is 20.3 Å². The molecule has 0 radical (unpaired) electrons. The van der Waals surface area contributed by atoms with Gasteiger partial charge < -0.3 is 11.1 Å². The van der Waals surface area contributed by atoms with E-state index in [0.717, 1.165) is 6.07 Å². The van der Waals surface area contributed by atoms with E-state index in [0.29, 0.717) is 11.8 Å². The Hall–Kier alpha value is -2.02. The summed E-state index contributed by atoms with van der Waals surface area (Å²) >= 11 is 3.00. The Labute approximate surface area is 122 Å². The molecule has 1 aromatic heterocycles. The number of nitrogens with one attached hydrogen (secondary N) is 1. The fourth-order valence-corrected chi connectivity index (χ4v) is 2.18. The maximum Gasteiger partial charge on any atom is 0.255 e. The van der Waals surface area contributed by atoms with Gasteiger partial charge in [-0.15, -0.1) is 0 Å². The molecule has 2 aromatic rings. The summed E-state index contributed by atoms with van der Waals surface area (Å²) in [5, 5.41) is 2.37. The zero-order chi connectivity index (χ0) is 14.9. The van der Waals surface area contributed by atoms with Crippen molar-refractivity contribution in [2.45, 2.75) is 6.92 Å². The highest BCUT2D eigenvalue weighted by Crippen LogP contribution is 2.27. The fourth-order valence-electron chi connectivity index (χ4n) is 1.67. The normalized spacial score (nSPS) is 10.4. The Balaban J connectivity index is 2.32. The van der Waals surface area contributed by atoms with Gasteiger partial charge >= 0.3 is 0 Å². The Morgan fingerprint density at radius 2 is 2.00 bits per heavy atom. The number of rotatable bonds is 2. The Morgan fingerprint density at radius 1 is 1.30 bits per heavy atom. The van der Waals surface area contributed by atoms with Crippen molar-refractivity contribution < 1.29 is 13.6 Å². The topological polar surface area (TPSA) is 68.0 Å². The van der Waals surface area contributed by atoms with Gasteiger partial charge in [0.1, 0.15) is 11.6 Å². The summed E-state index contributed by atoms with van der Waals surface area (Å²) in [5.41, 5.74) is 6.22. The number of nitrogen functional groups attached to an aromatic ring is 1. The number of carbonyl (C=O) groups excluding carboxylic acids is 1. The molecular formula is C13H10BrF2N3O. The molecule has 1 heterocycles. The molecule has 20 heavy (non-hydrogen) atoms. The van der Waals surface area contributed by atoms with Gasteiger partial charge in [-0.1, -0.05) is 0 Å². The molecule has 0 saturated heterocycles. The van der Waals surface area contributed by atoms with E-state index in [1.807, 2.05) is 0 Å². The summed E-state index contributed by atoms with van der Waals surface area (Å²) < 4.78 is 26.7. The molecule has 0 saturated carbocycles. The third kappa shape index (κ3) is 3.11. The Morgan fingerprint density at radius 3 is 2.60 bits per heavy atom. The molecule has 0 fully saturated rings. The third-order valence-corrected chi connectivity index (χ3v) is 3.11. The minimum atomic E-state index is -0.871. The van der Waals surface area contributed by atoms with Crippen molar-refractivity contribution >= 4 is 33.3 Å². The minimum absolute atomic E-state index is 0.113. The molecular weight excluding hydrogens is 332 g/mol. The first kappa shape index (κ1) is 14.4. The summed E-state index contributed by atoms with van der Waals surface area (Å²) in [6.45, 7) is 1.68. The van der Waals surface area contributed by atoms with Crippen LogP contribution in [0.5, 0.6) is 0 Å². The largest absolute Gasteiger partial charge is 0.384 e. The van der Waals surface area contributed by atoms with Crippen molar-refractivity contribution in [3.63, 3.8) is 0 Å². The summed E-state index contributed by atoms with van der Waals surface area (Å²) in [6.07, 6.45) is 0. The van der Waals surface area contributed by atoms with Crippen molar-refractivity contribution in [1.29, 1.82) is 0 Å². The molecule has 0 aliphatic heterocycles. The predicted octanol–water partition coefficient (Wildman–Crippen LogP) is 3.27. The zero-order valence-electron chi connectivity index (χ0n) is 10.4. The van der Waals surface area contributed by atoms with Crippen LogP contribution in [-0.4, -0.2) is 10.9 Å². The molecule has 0 spiro atoms. The number of aryl methyl sites for hydroxylation is 1. The van der Waals surface area contributed by atoms with E-state index in [9.17, 15) is 13.6 Å². The number of aromatic nitrogens is 1. The van der Waals surface area contributed by atoms with E-state index >= 15 is 0 Å². The number of benzene rings is 1. The van der Waals surface area contributed by atoms with Crippen LogP contribution in [0.15, 0.2) is 28.7 Å². The van der Waals surface area contributed by atoms with Crippen LogP contribution in [-0.2, 0) is 0 Å². The van der Waals surface area contributed by atoms with Crippen molar-refractivity contribution in [1.82, 2.24) is 4.98 Å². The maximum atomic E-state index is 13.6. The van der Waals surface area contributed by atoms with Crippen molar-refractivity contribution in [3.8, 4) is 0 Å². The van der Waals surface area contributed by atoms with Crippen molar-refractivity contribution in [2.24, 2.45) is 0 Å². The number of pyridine rings is 1. The average Bonchev–Trinajstić information content (AvgIpc) is 2.32. The number of nitrogens with two attached hydrogens (primary N) is 1. The van der Waals surface area contributed by atoms with Gasteiger partial charge in [-0.05, 0) is 41.1 Å². The first-order chi connectivity index (χ1) is 9.36. The number of amides is 1. The lowest BCUT2D eigenvalue weighted by Gasteiger charge is -2.09. The van der Waals surface area contributed by atoms with Crippen LogP contribution in [0.25, 0.3) is 0 Å². The average molecular weight is 342 g/mol. The lowest BCUT2D eigenvalue weighted by Crippen LogP contribution is -2.14. The molecule has 0 atom stereocenters. The maximum absolute atomic E-state index is 13.6. The van der Waals surface area contributed by atoms with Gasteiger partial charge in [-0.2, -0.15) is 0 Å². The second-order valence-electron chi connectivity index (χ2n) is 4.12. The quantitative estimate of drug-likeness (QED) is 0.880. The predicted molar refractivity (Wildman–Crippen MR) is 75.4 cm³/mol. The van der Waals surface area contributed by atoms with Gasteiger partial charge in [0.15, 0.2) is 5.82 Å². The lowest BCUT2D eigenvalue weighted by molar-refractivity contribution is 0.102. The monoisotopic (exact) mass is 341 g/mol. The van der Waals surface area contributed by atoms with Crippen LogP contribution in [0, 0.1) is 18.6 Å². The number of hydrogen-bond acceptors (Lipinski definition) is 3.